The van der Waals surface area contributed by atoms with Crippen LogP contribution in [0.15, 0.2) is 36.4 Å². The van der Waals surface area contributed by atoms with Gasteiger partial charge in [0.2, 0.25) is 11.8 Å². The Morgan fingerprint density at radius 1 is 0.667 bits per heavy atom. The highest BCUT2D eigenvalue weighted by atomic mass is 16.6. The molecular weight excluding hydrogens is 352 g/mol. The molecule has 8 heteroatoms. The van der Waals surface area contributed by atoms with E-state index in [4.69, 9.17) is 18.9 Å². The highest BCUT2D eigenvalue weighted by Gasteiger charge is 2.16. The quantitative estimate of drug-likeness (QED) is 0.801. The SMILES string of the molecule is O=C(CC(=O)Nc1ccc2c(c1)OCCO2)Nc1ccc2c(c1)OCCO2. The van der Waals surface area contributed by atoms with Crippen molar-refractivity contribution in [2.75, 3.05) is 37.1 Å². The zero-order chi connectivity index (χ0) is 18.6. The van der Waals surface area contributed by atoms with Crippen LogP contribution in [0, 0.1) is 0 Å². The lowest BCUT2D eigenvalue weighted by atomic mass is 10.2. The van der Waals surface area contributed by atoms with Crippen LogP contribution >= 0.6 is 0 Å². The van der Waals surface area contributed by atoms with E-state index in [0.29, 0.717) is 60.8 Å². The summed E-state index contributed by atoms with van der Waals surface area (Å²) in [5.41, 5.74) is 1.08. The summed E-state index contributed by atoms with van der Waals surface area (Å²) in [4.78, 5) is 24.3. The van der Waals surface area contributed by atoms with Crippen LogP contribution < -0.4 is 29.6 Å². The van der Waals surface area contributed by atoms with Gasteiger partial charge in [0.25, 0.3) is 0 Å². The number of rotatable bonds is 4. The number of carbonyl (C=O) groups excluding carboxylic acids is 2. The topological polar surface area (TPSA) is 95.1 Å². The van der Waals surface area contributed by atoms with Crippen LogP contribution in [0.4, 0.5) is 11.4 Å². The van der Waals surface area contributed by atoms with Gasteiger partial charge in [-0.1, -0.05) is 0 Å². The molecule has 4 rings (SSSR count). The Morgan fingerprint density at radius 2 is 1.07 bits per heavy atom. The van der Waals surface area contributed by atoms with Gasteiger partial charge in [-0.15, -0.1) is 0 Å². The van der Waals surface area contributed by atoms with Crippen LogP contribution in [0.25, 0.3) is 0 Å². The highest BCUT2D eigenvalue weighted by Crippen LogP contribution is 2.33. The average molecular weight is 370 g/mol. The number of carbonyl (C=O) groups is 2. The molecule has 0 atom stereocenters. The van der Waals surface area contributed by atoms with Crippen molar-refractivity contribution >= 4 is 23.2 Å². The molecule has 0 bridgehead atoms. The van der Waals surface area contributed by atoms with Crippen molar-refractivity contribution in [3.63, 3.8) is 0 Å². The Labute approximate surface area is 155 Å². The molecule has 140 valence electrons. The monoisotopic (exact) mass is 370 g/mol. The van der Waals surface area contributed by atoms with Gasteiger partial charge in [-0.3, -0.25) is 9.59 Å². The summed E-state index contributed by atoms with van der Waals surface area (Å²) >= 11 is 0. The number of benzene rings is 2. The maximum absolute atomic E-state index is 12.1. The molecule has 2 aliphatic rings. The molecule has 2 aromatic rings. The summed E-state index contributed by atoms with van der Waals surface area (Å²) in [5.74, 6) is 1.55. The van der Waals surface area contributed by atoms with Gasteiger partial charge < -0.3 is 29.6 Å². The van der Waals surface area contributed by atoms with Crippen molar-refractivity contribution in [2.24, 2.45) is 0 Å². The minimum Gasteiger partial charge on any atom is -0.486 e. The van der Waals surface area contributed by atoms with E-state index in [1.807, 2.05) is 0 Å². The first-order valence-electron chi connectivity index (χ1n) is 8.56. The van der Waals surface area contributed by atoms with Crippen LogP contribution in [-0.4, -0.2) is 38.2 Å². The molecule has 0 radical (unpaired) electrons. The van der Waals surface area contributed by atoms with Gasteiger partial charge in [0.05, 0.1) is 0 Å². The van der Waals surface area contributed by atoms with Gasteiger partial charge in [-0.25, -0.2) is 0 Å². The minimum atomic E-state index is -0.429. The van der Waals surface area contributed by atoms with Crippen LogP contribution in [0.3, 0.4) is 0 Å². The number of nitrogens with one attached hydrogen (secondary N) is 2. The molecule has 0 saturated heterocycles. The van der Waals surface area contributed by atoms with Gasteiger partial charge in [0.15, 0.2) is 23.0 Å². The highest BCUT2D eigenvalue weighted by molar-refractivity contribution is 6.08. The largest absolute Gasteiger partial charge is 0.486 e. The summed E-state index contributed by atoms with van der Waals surface area (Å²) in [6.45, 7) is 1.92. The zero-order valence-corrected chi connectivity index (χ0v) is 14.4. The molecule has 27 heavy (non-hydrogen) atoms. The molecule has 0 unspecified atom stereocenters. The second kappa shape index (κ2) is 7.45. The fraction of sp³-hybridized carbons (Fsp3) is 0.263. The molecule has 0 fully saturated rings. The van der Waals surface area contributed by atoms with E-state index in [1.54, 1.807) is 36.4 Å². The van der Waals surface area contributed by atoms with Crippen molar-refractivity contribution in [1.29, 1.82) is 0 Å². The summed E-state index contributed by atoms with van der Waals surface area (Å²) in [5, 5.41) is 5.36. The summed E-state index contributed by atoms with van der Waals surface area (Å²) in [6.07, 6.45) is -0.317. The first-order valence-corrected chi connectivity index (χ1v) is 8.56. The lowest BCUT2D eigenvalue weighted by Gasteiger charge is -2.19. The van der Waals surface area contributed by atoms with Gasteiger partial charge in [0, 0.05) is 23.5 Å². The molecule has 0 spiro atoms. The molecule has 2 N–H and O–H groups in total. The summed E-state index contributed by atoms with van der Waals surface area (Å²) < 4.78 is 21.8. The van der Waals surface area contributed by atoms with Crippen molar-refractivity contribution in [1.82, 2.24) is 0 Å². The molecule has 2 aliphatic heterocycles. The van der Waals surface area contributed by atoms with Crippen molar-refractivity contribution in [2.45, 2.75) is 6.42 Å². The first-order chi connectivity index (χ1) is 13.2. The van der Waals surface area contributed by atoms with Gasteiger partial charge >= 0.3 is 0 Å². The lowest BCUT2D eigenvalue weighted by molar-refractivity contribution is -0.123. The van der Waals surface area contributed by atoms with Crippen LogP contribution in [0.5, 0.6) is 23.0 Å². The van der Waals surface area contributed by atoms with Gasteiger partial charge in [-0.2, -0.15) is 0 Å². The fourth-order valence-corrected chi connectivity index (χ4v) is 2.80. The van der Waals surface area contributed by atoms with Crippen molar-refractivity contribution in [3.05, 3.63) is 36.4 Å². The van der Waals surface area contributed by atoms with E-state index in [0.717, 1.165) is 0 Å². The number of amides is 2. The number of fused-ring (bicyclic) bond motifs is 2. The van der Waals surface area contributed by atoms with E-state index in [1.165, 1.54) is 0 Å². The number of hydrogen-bond acceptors (Lipinski definition) is 6. The normalized spacial score (nSPS) is 14.2. The van der Waals surface area contributed by atoms with Crippen molar-refractivity contribution < 1.29 is 28.5 Å². The van der Waals surface area contributed by atoms with E-state index < -0.39 is 11.8 Å². The average Bonchev–Trinajstić information content (AvgIpc) is 2.67. The lowest BCUT2D eigenvalue weighted by Crippen LogP contribution is -2.22. The van der Waals surface area contributed by atoms with Crippen LogP contribution in [0.2, 0.25) is 0 Å². The van der Waals surface area contributed by atoms with Crippen LogP contribution in [-0.2, 0) is 9.59 Å². The maximum atomic E-state index is 12.1. The minimum absolute atomic E-state index is 0.317. The molecule has 0 aromatic heterocycles. The third-order valence-electron chi connectivity index (χ3n) is 3.97. The van der Waals surface area contributed by atoms with E-state index in [-0.39, 0.29) is 6.42 Å². The van der Waals surface area contributed by atoms with E-state index >= 15 is 0 Å². The Kier molecular flexibility index (Phi) is 4.69. The predicted octanol–water partition coefficient (Wildman–Crippen LogP) is 2.20. The molecule has 0 saturated carbocycles. The first kappa shape index (κ1) is 17.0. The third kappa shape index (κ3) is 4.05. The Bertz CT molecular complexity index is 811. The van der Waals surface area contributed by atoms with E-state index in [2.05, 4.69) is 10.6 Å². The van der Waals surface area contributed by atoms with Crippen molar-refractivity contribution in [3.8, 4) is 23.0 Å². The number of anilines is 2. The molecule has 0 aliphatic carbocycles. The Hall–Kier alpha value is -3.42. The smallest absolute Gasteiger partial charge is 0.233 e. The maximum Gasteiger partial charge on any atom is 0.233 e. The summed E-state index contributed by atoms with van der Waals surface area (Å²) in [6, 6.07) is 10.2. The molecular formula is C19H18N2O6. The Balaban J connectivity index is 1.33. The zero-order valence-electron chi connectivity index (χ0n) is 14.4. The Morgan fingerprint density at radius 3 is 1.52 bits per heavy atom. The molecule has 2 amide bonds. The fourth-order valence-electron chi connectivity index (χ4n) is 2.80. The summed E-state index contributed by atoms with van der Waals surface area (Å²) in [7, 11) is 0. The van der Waals surface area contributed by atoms with Crippen LogP contribution in [0.1, 0.15) is 6.42 Å². The third-order valence-corrected chi connectivity index (χ3v) is 3.97. The number of hydrogen-bond donors (Lipinski definition) is 2. The molecule has 8 nitrogen and oxygen atoms in total. The van der Waals surface area contributed by atoms with Gasteiger partial charge in [-0.05, 0) is 24.3 Å². The number of ether oxygens (including phenoxy) is 4. The predicted molar refractivity (Wildman–Crippen MR) is 96.7 cm³/mol. The van der Waals surface area contributed by atoms with Gasteiger partial charge in [0.1, 0.15) is 32.8 Å². The second-order valence-corrected chi connectivity index (χ2v) is 5.99. The standard InChI is InChI=1S/C19H18N2O6/c22-18(20-12-1-3-14-16(9-12)26-7-5-24-14)11-19(23)21-13-2-4-15-17(10-13)27-8-6-25-15/h1-4,9-10H,5-8,11H2,(H,20,22)(H,21,23). The molecule has 2 aromatic carbocycles. The molecule has 2 heterocycles. The van der Waals surface area contributed by atoms with E-state index in [9.17, 15) is 9.59 Å². The second-order valence-electron chi connectivity index (χ2n) is 5.99.